The second-order valence-electron chi connectivity index (χ2n) is 4.61. The molecule has 0 radical (unpaired) electrons. The molecule has 0 aromatic heterocycles. The Bertz CT molecular complexity index is 498. The van der Waals surface area contributed by atoms with Gasteiger partial charge in [0.25, 0.3) is 0 Å². The average molecular weight is 263 g/mol. The number of amides is 1. The van der Waals surface area contributed by atoms with Crippen molar-refractivity contribution in [3.05, 3.63) is 35.4 Å². The zero-order valence-corrected chi connectivity index (χ0v) is 11.0. The van der Waals surface area contributed by atoms with Gasteiger partial charge in [0.1, 0.15) is 6.61 Å². The summed E-state index contributed by atoms with van der Waals surface area (Å²) in [5.41, 5.74) is 1.82. The highest BCUT2D eigenvalue weighted by Crippen LogP contribution is 2.30. The summed E-state index contributed by atoms with van der Waals surface area (Å²) in [7, 11) is 0. The van der Waals surface area contributed by atoms with Gasteiger partial charge in [-0.05, 0) is 19.4 Å². The van der Waals surface area contributed by atoms with Crippen LogP contribution < -0.4 is 0 Å². The fraction of sp³-hybridized carbons (Fsp3) is 0.429. The van der Waals surface area contributed by atoms with Gasteiger partial charge < -0.3 is 14.7 Å². The summed E-state index contributed by atoms with van der Waals surface area (Å²) in [4.78, 5) is 24.8. The number of hydrogen-bond acceptors (Lipinski definition) is 3. The molecule has 2 unspecified atom stereocenters. The quantitative estimate of drug-likeness (QED) is 0.894. The zero-order valence-electron chi connectivity index (χ0n) is 11.0. The molecular formula is C14H17NO4. The number of nitrogens with zero attached hydrogens (tertiary/aromatic N) is 1. The van der Waals surface area contributed by atoms with Crippen LogP contribution in [0.5, 0.6) is 0 Å². The summed E-state index contributed by atoms with van der Waals surface area (Å²) in [6.45, 7) is 4.06. The first-order valence-corrected chi connectivity index (χ1v) is 6.25. The van der Waals surface area contributed by atoms with Crippen LogP contribution in [0.3, 0.4) is 0 Å². The standard InChI is InChI=1S/C14H17NO4/c1-3-15-11(16)8-19-13(14(17)18)12(15)10-6-4-5-9(2)7-10/h4-7,12-13H,3,8H2,1-2H3,(H,17,18). The van der Waals surface area contributed by atoms with Crippen LogP contribution in [-0.2, 0) is 14.3 Å². The maximum atomic E-state index is 11.9. The summed E-state index contributed by atoms with van der Waals surface area (Å²) in [6.07, 6.45) is -1.01. The molecule has 0 saturated carbocycles. The largest absolute Gasteiger partial charge is 0.479 e. The molecular weight excluding hydrogens is 246 g/mol. The Balaban J connectivity index is 2.44. The van der Waals surface area contributed by atoms with Crippen molar-refractivity contribution in [2.24, 2.45) is 0 Å². The lowest BCUT2D eigenvalue weighted by molar-refractivity contribution is -0.172. The molecule has 5 heteroatoms. The Labute approximate surface area is 111 Å². The van der Waals surface area contributed by atoms with Crippen LogP contribution in [0.15, 0.2) is 24.3 Å². The molecule has 2 rings (SSSR count). The highest BCUT2D eigenvalue weighted by atomic mass is 16.5. The first-order valence-electron chi connectivity index (χ1n) is 6.25. The number of likely N-dealkylation sites (N-methyl/N-ethyl adjacent to an activating group) is 1. The van der Waals surface area contributed by atoms with Gasteiger partial charge in [-0.3, -0.25) is 4.79 Å². The van der Waals surface area contributed by atoms with E-state index in [1.165, 1.54) is 0 Å². The Morgan fingerprint density at radius 1 is 1.53 bits per heavy atom. The number of carboxylic acid groups (broad SMARTS) is 1. The predicted molar refractivity (Wildman–Crippen MR) is 68.7 cm³/mol. The molecule has 102 valence electrons. The average Bonchev–Trinajstić information content (AvgIpc) is 2.37. The smallest absolute Gasteiger partial charge is 0.335 e. The van der Waals surface area contributed by atoms with E-state index >= 15 is 0 Å². The number of aliphatic carboxylic acids is 1. The third-order valence-corrected chi connectivity index (χ3v) is 3.30. The molecule has 1 aliphatic heterocycles. The second kappa shape index (κ2) is 5.40. The van der Waals surface area contributed by atoms with Gasteiger partial charge >= 0.3 is 5.97 Å². The molecule has 0 spiro atoms. The van der Waals surface area contributed by atoms with Crippen molar-refractivity contribution in [1.82, 2.24) is 4.90 Å². The van der Waals surface area contributed by atoms with E-state index < -0.39 is 18.1 Å². The number of aryl methyl sites for hydroxylation is 1. The number of carbonyl (C=O) groups excluding carboxylic acids is 1. The SMILES string of the molecule is CCN1C(=O)COC(C(=O)O)C1c1cccc(C)c1. The number of ether oxygens (including phenoxy) is 1. The van der Waals surface area contributed by atoms with Crippen molar-refractivity contribution < 1.29 is 19.4 Å². The van der Waals surface area contributed by atoms with Crippen molar-refractivity contribution in [3.63, 3.8) is 0 Å². The maximum Gasteiger partial charge on any atom is 0.335 e. The number of benzene rings is 1. The molecule has 1 fully saturated rings. The van der Waals surface area contributed by atoms with Crippen LogP contribution >= 0.6 is 0 Å². The Morgan fingerprint density at radius 3 is 2.84 bits per heavy atom. The summed E-state index contributed by atoms with van der Waals surface area (Å²) in [5.74, 6) is -1.22. The minimum Gasteiger partial charge on any atom is -0.479 e. The lowest BCUT2D eigenvalue weighted by atomic mass is 9.96. The first-order chi connectivity index (χ1) is 9.04. The maximum absolute atomic E-state index is 11.9. The summed E-state index contributed by atoms with van der Waals surface area (Å²) in [6, 6.07) is 6.95. The van der Waals surface area contributed by atoms with Gasteiger partial charge in [-0.1, -0.05) is 29.8 Å². The summed E-state index contributed by atoms with van der Waals surface area (Å²) >= 11 is 0. The van der Waals surface area contributed by atoms with Gasteiger partial charge in [-0.15, -0.1) is 0 Å². The van der Waals surface area contributed by atoms with E-state index in [-0.39, 0.29) is 12.5 Å². The fourth-order valence-electron chi connectivity index (χ4n) is 2.44. The number of carboxylic acids is 1. The van der Waals surface area contributed by atoms with E-state index in [2.05, 4.69) is 0 Å². The lowest BCUT2D eigenvalue weighted by Gasteiger charge is -2.39. The van der Waals surface area contributed by atoms with E-state index in [9.17, 15) is 14.7 Å². The Kier molecular flexibility index (Phi) is 3.85. The van der Waals surface area contributed by atoms with E-state index in [0.29, 0.717) is 6.54 Å². The van der Waals surface area contributed by atoms with Crippen LogP contribution in [0.1, 0.15) is 24.1 Å². The van der Waals surface area contributed by atoms with Crippen molar-refractivity contribution in [1.29, 1.82) is 0 Å². The monoisotopic (exact) mass is 263 g/mol. The normalized spacial score (nSPS) is 23.5. The second-order valence-corrected chi connectivity index (χ2v) is 4.61. The minimum atomic E-state index is -1.04. The minimum absolute atomic E-state index is 0.173. The van der Waals surface area contributed by atoms with Gasteiger partial charge in [-0.25, -0.2) is 4.79 Å². The van der Waals surface area contributed by atoms with Crippen LogP contribution in [0.25, 0.3) is 0 Å². The van der Waals surface area contributed by atoms with Crippen molar-refractivity contribution in [2.45, 2.75) is 26.0 Å². The number of rotatable bonds is 3. The molecule has 1 amide bonds. The lowest BCUT2D eigenvalue weighted by Crippen LogP contribution is -2.51. The van der Waals surface area contributed by atoms with Crippen LogP contribution in [0.2, 0.25) is 0 Å². The molecule has 1 heterocycles. The van der Waals surface area contributed by atoms with Crippen molar-refractivity contribution in [3.8, 4) is 0 Å². The van der Waals surface area contributed by atoms with Gasteiger partial charge in [0.15, 0.2) is 6.10 Å². The number of morpholine rings is 1. The molecule has 1 aliphatic rings. The van der Waals surface area contributed by atoms with Gasteiger partial charge in [0, 0.05) is 6.54 Å². The van der Waals surface area contributed by atoms with Gasteiger partial charge in [-0.2, -0.15) is 0 Å². The van der Waals surface area contributed by atoms with E-state index in [1.807, 2.05) is 38.1 Å². The molecule has 5 nitrogen and oxygen atoms in total. The fourth-order valence-corrected chi connectivity index (χ4v) is 2.44. The highest BCUT2D eigenvalue weighted by molar-refractivity contribution is 5.83. The summed E-state index contributed by atoms with van der Waals surface area (Å²) in [5, 5.41) is 9.28. The number of carbonyl (C=O) groups is 2. The summed E-state index contributed by atoms with van der Waals surface area (Å²) < 4.78 is 5.20. The molecule has 1 N–H and O–H groups in total. The van der Waals surface area contributed by atoms with Gasteiger partial charge in [0.05, 0.1) is 6.04 Å². The van der Waals surface area contributed by atoms with Crippen LogP contribution in [-0.4, -0.2) is 41.1 Å². The predicted octanol–water partition coefficient (Wildman–Crippen LogP) is 1.37. The molecule has 1 saturated heterocycles. The third-order valence-electron chi connectivity index (χ3n) is 3.30. The molecule has 19 heavy (non-hydrogen) atoms. The van der Waals surface area contributed by atoms with Crippen molar-refractivity contribution in [2.75, 3.05) is 13.2 Å². The topological polar surface area (TPSA) is 66.8 Å². The van der Waals surface area contributed by atoms with Crippen LogP contribution in [0, 0.1) is 6.92 Å². The Morgan fingerprint density at radius 2 is 2.26 bits per heavy atom. The molecule has 0 aliphatic carbocycles. The molecule has 1 aromatic carbocycles. The van der Waals surface area contributed by atoms with E-state index in [0.717, 1.165) is 11.1 Å². The molecule has 1 aromatic rings. The first kappa shape index (κ1) is 13.5. The van der Waals surface area contributed by atoms with E-state index in [1.54, 1.807) is 4.90 Å². The molecule has 2 atom stereocenters. The highest BCUT2D eigenvalue weighted by Gasteiger charge is 2.41. The Hall–Kier alpha value is -1.88. The van der Waals surface area contributed by atoms with Crippen LogP contribution in [0.4, 0.5) is 0 Å². The van der Waals surface area contributed by atoms with Crippen molar-refractivity contribution >= 4 is 11.9 Å². The zero-order chi connectivity index (χ0) is 14.0. The van der Waals surface area contributed by atoms with E-state index in [4.69, 9.17) is 4.74 Å². The van der Waals surface area contributed by atoms with Gasteiger partial charge in [0.2, 0.25) is 5.91 Å². The molecule has 0 bridgehead atoms. The number of hydrogen-bond donors (Lipinski definition) is 1. The third kappa shape index (κ3) is 2.61.